The zero-order chi connectivity index (χ0) is 21.4. The Morgan fingerprint density at radius 2 is 1.69 bits per heavy atom. The fourth-order valence-corrected chi connectivity index (χ4v) is 3.55. The van der Waals surface area contributed by atoms with Crippen molar-refractivity contribution < 1.29 is 0 Å². The number of nitrogens with one attached hydrogen (secondary N) is 1. The summed E-state index contributed by atoms with van der Waals surface area (Å²) >= 11 is 0. The summed E-state index contributed by atoms with van der Waals surface area (Å²) in [5.74, 6) is 1.47. The van der Waals surface area contributed by atoms with Crippen molar-refractivity contribution in [3.05, 3.63) is 48.0 Å². The number of benzene rings is 1. The molecule has 157 valence electrons. The number of hydrogen-bond acceptors (Lipinski definition) is 5. The molecule has 5 heteroatoms. The molecule has 0 unspecified atom stereocenters. The van der Waals surface area contributed by atoms with Gasteiger partial charge < -0.3 is 16.0 Å². The van der Waals surface area contributed by atoms with Crippen LogP contribution in [0.4, 0.5) is 17.5 Å². The van der Waals surface area contributed by atoms with E-state index in [1.807, 2.05) is 0 Å². The lowest BCUT2D eigenvalue weighted by Gasteiger charge is -2.31. The Balaban J connectivity index is 1.96. The van der Waals surface area contributed by atoms with Crippen molar-refractivity contribution in [1.82, 2.24) is 9.97 Å². The lowest BCUT2D eigenvalue weighted by Crippen LogP contribution is -2.43. The van der Waals surface area contributed by atoms with E-state index in [4.69, 9.17) is 10.7 Å². The van der Waals surface area contributed by atoms with Gasteiger partial charge >= 0.3 is 0 Å². The van der Waals surface area contributed by atoms with Crippen molar-refractivity contribution in [2.75, 3.05) is 23.3 Å². The van der Waals surface area contributed by atoms with E-state index >= 15 is 0 Å². The molecular weight excluding hydrogens is 358 g/mol. The highest BCUT2D eigenvalue weighted by molar-refractivity contribution is 5.63. The van der Waals surface area contributed by atoms with Crippen LogP contribution in [0.5, 0.6) is 0 Å². The maximum atomic E-state index is 6.14. The summed E-state index contributed by atoms with van der Waals surface area (Å²) in [5, 5.41) is 3.52. The van der Waals surface area contributed by atoms with Gasteiger partial charge in [-0.05, 0) is 53.9 Å². The van der Waals surface area contributed by atoms with E-state index in [-0.39, 0.29) is 16.9 Å². The molecule has 0 bridgehead atoms. The standard InChI is InChI=1S/C24H36N5/c1-16-14-26-22(29-10-8-9-19(25)15-29)28-21(16)27-20-12-17(23(2,3)4)11-18(13-20)24(5,6)7/h11-14,19H,1,8-10,15,25H2,2-7H3,(H,26,27,28)/t19-/m0/s1. The Hall–Kier alpha value is -2.14. The molecule has 2 heterocycles. The van der Waals surface area contributed by atoms with E-state index in [0.717, 1.165) is 48.9 Å². The molecule has 1 aromatic heterocycles. The Morgan fingerprint density at radius 3 is 2.24 bits per heavy atom. The van der Waals surface area contributed by atoms with Gasteiger partial charge in [0.05, 0.1) is 0 Å². The van der Waals surface area contributed by atoms with Crippen LogP contribution in [0.2, 0.25) is 0 Å². The molecule has 0 amide bonds. The predicted octanol–water partition coefficient (Wildman–Crippen LogP) is 4.92. The monoisotopic (exact) mass is 394 g/mol. The smallest absolute Gasteiger partial charge is 0.227 e. The second kappa shape index (κ2) is 7.94. The average molecular weight is 395 g/mol. The largest absolute Gasteiger partial charge is 0.340 e. The van der Waals surface area contributed by atoms with Crippen molar-refractivity contribution in [2.45, 2.75) is 71.3 Å². The molecule has 1 radical (unpaired) electrons. The summed E-state index contributed by atoms with van der Waals surface area (Å²) in [6, 6.07) is 6.93. The Labute approximate surface area is 176 Å². The number of nitrogens with two attached hydrogens (primary N) is 1. The normalized spacial score (nSPS) is 18.1. The second-order valence-electron chi connectivity index (χ2n) is 10.3. The van der Waals surface area contributed by atoms with Crippen LogP contribution in [0.15, 0.2) is 24.4 Å². The molecule has 0 saturated carbocycles. The van der Waals surface area contributed by atoms with Gasteiger partial charge in [0.15, 0.2) is 0 Å². The molecule has 0 spiro atoms. The zero-order valence-electron chi connectivity index (χ0n) is 18.8. The first-order chi connectivity index (χ1) is 13.4. The molecule has 0 aliphatic carbocycles. The first kappa shape index (κ1) is 21.6. The van der Waals surface area contributed by atoms with Crippen LogP contribution in [0.25, 0.3) is 0 Å². The summed E-state index contributed by atoms with van der Waals surface area (Å²) in [5.41, 5.74) is 10.7. The van der Waals surface area contributed by atoms with E-state index in [1.165, 1.54) is 11.1 Å². The van der Waals surface area contributed by atoms with Crippen molar-refractivity contribution in [1.29, 1.82) is 0 Å². The molecule has 1 aliphatic heterocycles. The molecule has 3 rings (SSSR count). The molecule has 1 aliphatic rings. The second-order valence-corrected chi connectivity index (χ2v) is 10.3. The third-order valence-electron chi connectivity index (χ3n) is 5.52. The van der Waals surface area contributed by atoms with Gasteiger partial charge in [-0.25, -0.2) is 4.98 Å². The first-order valence-corrected chi connectivity index (χ1v) is 10.6. The molecule has 1 saturated heterocycles. The molecule has 2 aromatic rings. The maximum Gasteiger partial charge on any atom is 0.227 e. The van der Waals surface area contributed by atoms with Crippen LogP contribution in [0, 0.1) is 6.92 Å². The molecule has 3 N–H and O–H groups in total. The number of rotatable bonds is 3. The molecule has 5 nitrogen and oxygen atoms in total. The highest BCUT2D eigenvalue weighted by Crippen LogP contribution is 2.33. The fourth-order valence-electron chi connectivity index (χ4n) is 3.55. The van der Waals surface area contributed by atoms with Crippen LogP contribution in [0.1, 0.15) is 71.1 Å². The van der Waals surface area contributed by atoms with Gasteiger partial charge in [-0.1, -0.05) is 47.6 Å². The van der Waals surface area contributed by atoms with E-state index in [9.17, 15) is 0 Å². The Morgan fingerprint density at radius 1 is 1.07 bits per heavy atom. The van der Waals surface area contributed by atoms with Gasteiger partial charge in [0.2, 0.25) is 5.95 Å². The molecule has 1 fully saturated rings. The van der Waals surface area contributed by atoms with E-state index < -0.39 is 0 Å². The Bertz CT molecular complexity index is 828. The van der Waals surface area contributed by atoms with Gasteiger partial charge in [0.1, 0.15) is 5.82 Å². The zero-order valence-corrected chi connectivity index (χ0v) is 18.8. The van der Waals surface area contributed by atoms with Gasteiger partial charge in [0, 0.05) is 36.6 Å². The summed E-state index contributed by atoms with van der Waals surface area (Å²) in [6.45, 7) is 19.3. The van der Waals surface area contributed by atoms with Gasteiger partial charge in [-0.15, -0.1) is 0 Å². The number of aromatic nitrogens is 2. The minimum absolute atomic E-state index is 0.0613. The molecule has 1 aromatic carbocycles. The van der Waals surface area contributed by atoms with Crippen molar-refractivity contribution >= 4 is 17.5 Å². The lowest BCUT2D eigenvalue weighted by molar-refractivity contribution is 0.500. The molecule has 29 heavy (non-hydrogen) atoms. The van der Waals surface area contributed by atoms with E-state index in [2.05, 4.69) is 81.9 Å². The first-order valence-electron chi connectivity index (χ1n) is 10.6. The maximum absolute atomic E-state index is 6.14. The summed E-state index contributed by atoms with van der Waals surface area (Å²) in [4.78, 5) is 11.5. The van der Waals surface area contributed by atoms with E-state index in [1.54, 1.807) is 6.20 Å². The minimum Gasteiger partial charge on any atom is -0.340 e. The van der Waals surface area contributed by atoms with Crippen molar-refractivity contribution in [3.8, 4) is 0 Å². The Kier molecular flexibility index (Phi) is 5.91. The third kappa shape index (κ3) is 5.27. The number of piperidine rings is 1. The molecular formula is C24H36N5. The summed E-state index contributed by atoms with van der Waals surface area (Å²) in [7, 11) is 0. The highest BCUT2D eigenvalue weighted by Gasteiger charge is 2.22. The average Bonchev–Trinajstić information content (AvgIpc) is 2.62. The topological polar surface area (TPSA) is 67.1 Å². The highest BCUT2D eigenvalue weighted by atomic mass is 15.3. The van der Waals surface area contributed by atoms with Crippen LogP contribution in [0.3, 0.4) is 0 Å². The quantitative estimate of drug-likeness (QED) is 0.773. The van der Waals surface area contributed by atoms with E-state index in [0.29, 0.717) is 0 Å². The van der Waals surface area contributed by atoms with Crippen LogP contribution < -0.4 is 16.0 Å². The number of nitrogens with zero attached hydrogens (tertiary/aromatic N) is 3. The van der Waals surface area contributed by atoms with Crippen molar-refractivity contribution in [3.63, 3.8) is 0 Å². The number of anilines is 3. The van der Waals surface area contributed by atoms with Crippen LogP contribution >= 0.6 is 0 Å². The minimum atomic E-state index is 0.0613. The summed E-state index contributed by atoms with van der Waals surface area (Å²) < 4.78 is 0. The fraction of sp³-hybridized carbons (Fsp3) is 0.542. The van der Waals surface area contributed by atoms with Gasteiger partial charge in [-0.3, -0.25) is 0 Å². The van der Waals surface area contributed by atoms with Crippen molar-refractivity contribution in [2.24, 2.45) is 5.73 Å². The van der Waals surface area contributed by atoms with Gasteiger partial charge in [-0.2, -0.15) is 4.98 Å². The summed E-state index contributed by atoms with van der Waals surface area (Å²) in [6.07, 6.45) is 3.93. The van der Waals surface area contributed by atoms with Crippen LogP contribution in [-0.2, 0) is 10.8 Å². The molecule has 1 atom stereocenters. The van der Waals surface area contributed by atoms with Gasteiger partial charge in [0.25, 0.3) is 0 Å². The van der Waals surface area contributed by atoms with Crippen LogP contribution in [-0.4, -0.2) is 29.1 Å². The number of hydrogen-bond donors (Lipinski definition) is 2. The lowest BCUT2D eigenvalue weighted by atomic mass is 9.80. The third-order valence-corrected chi connectivity index (χ3v) is 5.52. The SMILES string of the molecule is [CH2]c1cnc(N2CCC[C@H](N)C2)nc1Nc1cc(C(C)(C)C)cc(C(C)(C)C)c1. The predicted molar refractivity (Wildman–Crippen MR) is 123 cm³/mol.